The minimum atomic E-state index is 0. The molecule has 0 spiro atoms. The first-order chi connectivity index (χ1) is 13.6. The molecule has 8 heteroatoms. The Bertz CT molecular complexity index is 756. The summed E-state index contributed by atoms with van der Waals surface area (Å²) in [6.45, 7) is 5.19. The molecular weight excluding hydrogens is 495 g/mol. The molecular formula is C21H33IN6S. The molecule has 1 atom stereocenters. The molecule has 0 amide bonds. The molecule has 1 unspecified atom stereocenters. The van der Waals surface area contributed by atoms with Gasteiger partial charge in [-0.2, -0.15) is 0 Å². The van der Waals surface area contributed by atoms with Crippen molar-refractivity contribution in [1.82, 2.24) is 20.5 Å². The molecule has 1 fully saturated rings. The van der Waals surface area contributed by atoms with Gasteiger partial charge in [-0.05, 0) is 25.3 Å². The molecule has 0 bridgehead atoms. The van der Waals surface area contributed by atoms with E-state index in [4.69, 9.17) is 0 Å². The molecule has 2 heterocycles. The van der Waals surface area contributed by atoms with Gasteiger partial charge < -0.3 is 15.5 Å². The van der Waals surface area contributed by atoms with Gasteiger partial charge in [-0.1, -0.05) is 30.3 Å². The number of thiazole rings is 1. The van der Waals surface area contributed by atoms with E-state index in [0.29, 0.717) is 18.6 Å². The molecule has 3 rings (SSSR count). The summed E-state index contributed by atoms with van der Waals surface area (Å²) in [5.74, 6) is 0.856. The highest BCUT2D eigenvalue weighted by Gasteiger charge is 2.24. The SMILES string of the molecule is CN=C(NCc1csc(N(C)C)n1)NC1CCN(C(C)c2ccccc2)CC1.I. The third-order valence-corrected chi connectivity index (χ3v) is 6.34. The third-order valence-electron chi connectivity index (χ3n) is 5.28. The number of hydrogen-bond donors (Lipinski definition) is 2. The fourth-order valence-corrected chi connectivity index (χ4v) is 4.28. The summed E-state index contributed by atoms with van der Waals surface area (Å²) in [7, 11) is 5.86. The van der Waals surface area contributed by atoms with Gasteiger partial charge in [0.2, 0.25) is 0 Å². The summed E-state index contributed by atoms with van der Waals surface area (Å²) in [5.41, 5.74) is 2.44. The van der Waals surface area contributed by atoms with Crippen LogP contribution in [0.3, 0.4) is 0 Å². The van der Waals surface area contributed by atoms with Crippen LogP contribution in [0.1, 0.15) is 37.1 Å². The lowest BCUT2D eigenvalue weighted by Crippen LogP contribution is -2.48. The van der Waals surface area contributed by atoms with Crippen molar-refractivity contribution in [2.75, 3.05) is 39.1 Å². The Kier molecular flexibility index (Phi) is 9.64. The van der Waals surface area contributed by atoms with E-state index in [0.717, 1.165) is 42.7 Å². The van der Waals surface area contributed by atoms with Crippen molar-refractivity contribution in [1.29, 1.82) is 0 Å². The Morgan fingerprint density at radius 1 is 1.28 bits per heavy atom. The zero-order chi connectivity index (χ0) is 19.9. The average molecular weight is 529 g/mol. The van der Waals surface area contributed by atoms with Crippen molar-refractivity contribution in [3.8, 4) is 0 Å². The number of hydrogen-bond acceptors (Lipinski definition) is 5. The first-order valence-corrected chi connectivity index (χ1v) is 10.8. The summed E-state index contributed by atoms with van der Waals surface area (Å²) in [6.07, 6.45) is 2.25. The van der Waals surface area contributed by atoms with Gasteiger partial charge in [-0.15, -0.1) is 35.3 Å². The van der Waals surface area contributed by atoms with E-state index < -0.39 is 0 Å². The lowest BCUT2D eigenvalue weighted by molar-refractivity contribution is 0.158. The van der Waals surface area contributed by atoms with Gasteiger partial charge >= 0.3 is 0 Å². The number of nitrogens with zero attached hydrogens (tertiary/aromatic N) is 4. The summed E-state index contributed by atoms with van der Waals surface area (Å²) < 4.78 is 0. The lowest BCUT2D eigenvalue weighted by atomic mass is 10.0. The van der Waals surface area contributed by atoms with Crippen LogP contribution in [0, 0.1) is 0 Å². The molecule has 2 N–H and O–H groups in total. The van der Waals surface area contributed by atoms with Gasteiger partial charge in [0.05, 0.1) is 12.2 Å². The summed E-state index contributed by atoms with van der Waals surface area (Å²) in [5, 5.41) is 10.1. The van der Waals surface area contributed by atoms with Crippen LogP contribution < -0.4 is 15.5 Å². The number of guanidine groups is 1. The third kappa shape index (κ3) is 6.82. The van der Waals surface area contributed by atoms with Crippen molar-refractivity contribution < 1.29 is 0 Å². The zero-order valence-electron chi connectivity index (χ0n) is 17.8. The van der Waals surface area contributed by atoms with Crippen LogP contribution in [-0.4, -0.2) is 56.1 Å². The minimum Gasteiger partial charge on any atom is -0.354 e. The predicted octanol–water partition coefficient (Wildman–Crippen LogP) is 3.72. The molecule has 2 aromatic rings. The highest BCUT2D eigenvalue weighted by molar-refractivity contribution is 14.0. The van der Waals surface area contributed by atoms with Crippen LogP contribution in [0.4, 0.5) is 5.13 Å². The van der Waals surface area contributed by atoms with Gasteiger partial charge in [0.25, 0.3) is 0 Å². The number of halogens is 1. The maximum absolute atomic E-state index is 4.61. The Labute approximate surface area is 195 Å². The second-order valence-electron chi connectivity index (χ2n) is 7.48. The Morgan fingerprint density at radius 2 is 1.97 bits per heavy atom. The lowest BCUT2D eigenvalue weighted by Gasteiger charge is -2.37. The van der Waals surface area contributed by atoms with E-state index in [2.05, 4.69) is 68.1 Å². The van der Waals surface area contributed by atoms with Crippen LogP contribution in [0.15, 0.2) is 40.7 Å². The van der Waals surface area contributed by atoms with Gasteiger partial charge in [-0.3, -0.25) is 9.89 Å². The average Bonchev–Trinajstić information content (AvgIpc) is 3.21. The fourth-order valence-electron chi connectivity index (χ4n) is 3.52. The normalized spacial score (nSPS) is 16.8. The molecule has 0 saturated carbocycles. The molecule has 1 aliphatic heterocycles. The number of aromatic nitrogens is 1. The molecule has 6 nitrogen and oxygen atoms in total. The first-order valence-electron chi connectivity index (χ1n) is 9.94. The second kappa shape index (κ2) is 11.7. The van der Waals surface area contributed by atoms with Gasteiger partial charge in [-0.25, -0.2) is 4.98 Å². The smallest absolute Gasteiger partial charge is 0.191 e. The quantitative estimate of drug-likeness (QED) is 0.340. The van der Waals surface area contributed by atoms with Crippen molar-refractivity contribution in [2.24, 2.45) is 4.99 Å². The number of rotatable bonds is 6. The number of aliphatic imine (C=N–C) groups is 1. The van der Waals surface area contributed by atoms with E-state index >= 15 is 0 Å². The molecule has 0 radical (unpaired) electrons. The predicted molar refractivity (Wildman–Crippen MR) is 135 cm³/mol. The maximum atomic E-state index is 4.61. The summed E-state index contributed by atoms with van der Waals surface area (Å²) >= 11 is 1.66. The van der Waals surface area contributed by atoms with Crippen LogP contribution in [0.5, 0.6) is 0 Å². The molecule has 1 aliphatic rings. The zero-order valence-corrected chi connectivity index (χ0v) is 20.9. The Hall–Kier alpha value is -1.39. The topological polar surface area (TPSA) is 55.8 Å². The number of piperidine rings is 1. The van der Waals surface area contributed by atoms with E-state index in [1.165, 1.54) is 5.56 Å². The highest BCUT2D eigenvalue weighted by atomic mass is 127. The van der Waals surface area contributed by atoms with E-state index in [1.807, 2.05) is 26.0 Å². The van der Waals surface area contributed by atoms with E-state index in [-0.39, 0.29) is 24.0 Å². The molecule has 29 heavy (non-hydrogen) atoms. The van der Waals surface area contributed by atoms with E-state index in [1.54, 1.807) is 11.3 Å². The highest BCUT2D eigenvalue weighted by Crippen LogP contribution is 2.24. The standard InChI is InChI=1S/C21H32N6S.HI/c1-16(17-8-6-5-7-9-17)27-12-10-18(11-13-27)24-20(22-2)23-14-19-15-28-21(25-19)26(3)4;/h5-9,15-16,18H,10-14H2,1-4H3,(H2,22,23,24);1H. The maximum Gasteiger partial charge on any atom is 0.191 e. The molecule has 0 aliphatic carbocycles. The number of anilines is 1. The van der Waals surface area contributed by atoms with Gasteiger partial charge in [0.1, 0.15) is 0 Å². The van der Waals surface area contributed by atoms with Crippen molar-refractivity contribution in [2.45, 2.75) is 38.4 Å². The molecule has 1 saturated heterocycles. The monoisotopic (exact) mass is 528 g/mol. The van der Waals surface area contributed by atoms with Gasteiger partial charge in [0, 0.05) is 51.7 Å². The summed E-state index contributed by atoms with van der Waals surface area (Å²) in [4.78, 5) is 13.6. The fraction of sp³-hybridized carbons (Fsp3) is 0.524. The number of nitrogens with one attached hydrogen (secondary N) is 2. The first kappa shape index (κ1) is 23.9. The molecule has 1 aromatic carbocycles. The molecule has 160 valence electrons. The summed E-state index contributed by atoms with van der Waals surface area (Å²) in [6, 6.07) is 11.7. The van der Waals surface area contributed by atoms with Gasteiger partial charge in [0.15, 0.2) is 11.1 Å². The molecule has 1 aromatic heterocycles. The van der Waals surface area contributed by atoms with Crippen LogP contribution >= 0.6 is 35.3 Å². The number of benzene rings is 1. The van der Waals surface area contributed by atoms with Crippen LogP contribution in [-0.2, 0) is 6.54 Å². The van der Waals surface area contributed by atoms with Crippen molar-refractivity contribution in [3.05, 3.63) is 47.0 Å². The Balaban J connectivity index is 0.00000300. The van der Waals surface area contributed by atoms with Crippen LogP contribution in [0.2, 0.25) is 0 Å². The largest absolute Gasteiger partial charge is 0.354 e. The van der Waals surface area contributed by atoms with Crippen molar-refractivity contribution >= 4 is 46.4 Å². The Morgan fingerprint density at radius 3 is 2.55 bits per heavy atom. The minimum absolute atomic E-state index is 0. The van der Waals surface area contributed by atoms with Crippen LogP contribution in [0.25, 0.3) is 0 Å². The second-order valence-corrected chi connectivity index (χ2v) is 8.32. The number of likely N-dealkylation sites (tertiary alicyclic amines) is 1. The van der Waals surface area contributed by atoms with Crippen molar-refractivity contribution in [3.63, 3.8) is 0 Å². The van der Waals surface area contributed by atoms with E-state index in [9.17, 15) is 0 Å².